The van der Waals surface area contributed by atoms with Crippen molar-refractivity contribution < 1.29 is 8.42 Å². The second-order valence-electron chi connectivity index (χ2n) is 9.65. The lowest BCUT2D eigenvalue weighted by molar-refractivity contribution is 0.526. The predicted molar refractivity (Wildman–Crippen MR) is 142 cm³/mol. The molecule has 0 unspecified atom stereocenters. The van der Waals surface area contributed by atoms with E-state index in [1.165, 1.54) is 12.4 Å². The van der Waals surface area contributed by atoms with Gasteiger partial charge in [-0.3, -0.25) is 9.36 Å². The number of anilines is 1. The van der Waals surface area contributed by atoms with Crippen LogP contribution in [0.25, 0.3) is 22.6 Å². The zero-order valence-electron chi connectivity index (χ0n) is 21.9. The lowest BCUT2D eigenvalue weighted by Crippen LogP contribution is -2.29. The lowest BCUT2D eigenvalue weighted by Gasteiger charge is -2.19. The van der Waals surface area contributed by atoms with E-state index in [4.69, 9.17) is 9.97 Å². The van der Waals surface area contributed by atoms with Crippen molar-refractivity contribution in [3.63, 3.8) is 0 Å². The van der Waals surface area contributed by atoms with Gasteiger partial charge < -0.3 is 5.32 Å². The molecule has 1 fully saturated rings. The van der Waals surface area contributed by atoms with E-state index in [0.717, 1.165) is 36.0 Å². The van der Waals surface area contributed by atoms with Gasteiger partial charge in [0.05, 0.1) is 29.2 Å². The van der Waals surface area contributed by atoms with Gasteiger partial charge in [0, 0.05) is 30.6 Å². The van der Waals surface area contributed by atoms with E-state index in [2.05, 4.69) is 30.2 Å². The lowest BCUT2D eigenvalue weighted by atomic mass is 10.1. The Balaban J connectivity index is 1.59. The molecule has 0 bridgehead atoms. The smallest absolute Gasteiger partial charge is 0.295 e. The quantitative estimate of drug-likeness (QED) is 0.353. The molecule has 4 aromatic heterocycles. The van der Waals surface area contributed by atoms with E-state index in [1.807, 2.05) is 27.7 Å². The molecule has 4 heterocycles. The molecule has 198 valence electrons. The van der Waals surface area contributed by atoms with Crippen LogP contribution in [0.3, 0.4) is 0 Å². The maximum Gasteiger partial charge on any atom is 0.295 e. The summed E-state index contributed by atoms with van der Waals surface area (Å²) in [5.74, 6) is 1.31. The zero-order valence-corrected chi connectivity index (χ0v) is 22.7. The van der Waals surface area contributed by atoms with Crippen LogP contribution >= 0.6 is 0 Å². The number of sulfone groups is 1. The van der Waals surface area contributed by atoms with Crippen LogP contribution in [0, 0.1) is 13.8 Å². The van der Waals surface area contributed by atoms with E-state index in [0.29, 0.717) is 40.8 Å². The highest BCUT2D eigenvalue weighted by atomic mass is 32.2. The van der Waals surface area contributed by atoms with Crippen LogP contribution in [-0.4, -0.2) is 54.1 Å². The summed E-state index contributed by atoms with van der Waals surface area (Å²) in [4.78, 5) is 45.0. The molecule has 1 aliphatic rings. The molecule has 4 aromatic rings. The minimum absolute atomic E-state index is 0.0247. The number of aromatic nitrogens is 8. The van der Waals surface area contributed by atoms with Gasteiger partial charge in [0.25, 0.3) is 5.56 Å². The Morgan fingerprint density at radius 2 is 1.76 bits per heavy atom. The maximum atomic E-state index is 13.6. The minimum atomic E-state index is -3.40. The maximum absolute atomic E-state index is 13.6. The van der Waals surface area contributed by atoms with Gasteiger partial charge in [-0.25, -0.2) is 43.3 Å². The summed E-state index contributed by atoms with van der Waals surface area (Å²) < 4.78 is 25.0. The van der Waals surface area contributed by atoms with Crippen molar-refractivity contribution in [1.29, 1.82) is 0 Å². The van der Waals surface area contributed by atoms with Crippen molar-refractivity contribution in [3.05, 3.63) is 52.0 Å². The topological polar surface area (TPSA) is 158 Å². The Morgan fingerprint density at radius 1 is 1.05 bits per heavy atom. The van der Waals surface area contributed by atoms with Gasteiger partial charge >= 0.3 is 0 Å². The molecule has 38 heavy (non-hydrogen) atoms. The van der Waals surface area contributed by atoms with E-state index in [9.17, 15) is 13.2 Å². The van der Waals surface area contributed by atoms with Crippen molar-refractivity contribution in [2.24, 2.45) is 0 Å². The van der Waals surface area contributed by atoms with E-state index < -0.39 is 9.84 Å². The highest BCUT2D eigenvalue weighted by molar-refractivity contribution is 7.90. The Labute approximate surface area is 220 Å². The predicted octanol–water partition coefficient (Wildman–Crippen LogP) is 2.91. The molecule has 5 rings (SSSR count). The Morgan fingerprint density at radius 3 is 2.39 bits per heavy atom. The minimum Gasteiger partial charge on any atom is -0.358 e. The van der Waals surface area contributed by atoms with Crippen LogP contribution in [0.1, 0.15) is 68.0 Å². The van der Waals surface area contributed by atoms with Gasteiger partial charge in [-0.05, 0) is 40.0 Å². The molecular formula is C25H29N9O3S. The molecule has 0 radical (unpaired) electrons. The number of fused-ring (bicyclic) bond motifs is 1. The second-order valence-corrected chi connectivity index (χ2v) is 11.7. The molecule has 1 N–H and O–H groups in total. The third-order valence-corrected chi connectivity index (χ3v) is 7.79. The van der Waals surface area contributed by atoms with Gasteiger partial charge in [-0.1, -0.05) is 6.92 Å². The third kappa shape index (κ3) is 4.85. The molecular weight excluding hydrogens is 506 g/mol. The van der Waals surface area contributed by atoms with Gasteiger partial charge in [-0.15, -0.1) is 0 Å². The van der Waals surface area contributed by atoms with Crippen LogP contribution in [-0.2, 0) is 16.4 Å². The average Bonchev–Trinajstić information content (AvgIpc) is 3.72. The fraction of sp³-hybridized carbons (Fsp3) is 0.440. The fourth-order valence-electron chi connectivity index (χ4n) is 4.26. The summed E-state index contributed by atoms with van der Waals surface area (Å²) in [7, 11) is -3.40. The molecule has 1 aliphatic carbocycles. The highest BCUT2D eigenvalue weighted by Crippen LogP contribution is 2.43. The van der Waals surface area contributed by atoms with Crippen LogP contribution in [0.5, 0.6) is 0 Å². The summed E-state index contributed by atoms with van der Waals surface area (Å²) in [5, 5.41) is 3.02. The number of nitrogens with one attached hydrogen (secondary N) is 1. The standard InChI is InChI=1S/C25H29N9O3S/c1-6-13(2)34-24-20(15(4)31-22(33-24)19-14(3)29-12-30-21(19)16-7-8-16)32-23(25(34)35)28-11-18-26-9-17(10-27-18)38(5,36)37/h9-10,12-13,16H,6-8,11H2,1-5H3,(H,28,32)/t13-/m1/s1. The molecule has 0 spiro atoms. The zero-order chi connectivity index (χ0) is 27.2. The monoisotopic (exact) mass is 535 g/mol. The molecule has 1 atom stereocenters. The first kappa shape index (κ1) is 25.8. The van der Waals surface area contributed by atoms with Crippen molar-refractivity contribution in [1.82, 2.24) is 39.5 Å². The van der Waals surface area contributed by atoms with Gasteiger partial charge in [0.15, 0.2) is 27.1 Å². The summed E-state index contributed by atoms with van der Waals surface area (Å²) in [6, 6.07) is -0.156. The van der Waals surface area contributed by atoms with E-state index >= 15 is 0 Å². The van der Waals surface area contributed by atoms with Gasteiger partial charge in [0.1, 0.15) is 22.6 Å². The largest absolute Gasteiger partial charge is 0.358 e. The average molecular weight is 536 g/mol. The van der Waals surface area contributed by atoms with E-state index in [1.54, 1.807) is 10.9 Å². The van der Waals surface area contributed by atoms with Crippen molar-refractivity contribution >= 4 is 26.8 Å². The van der Waals surface area contributed by atoms with E-state index in [-0.39, 0.29) is 28.9 Å². The summed E-state index contributed by atoms with van der Waals surface area (Å²) in [5.41, 5.74) is 3.83. The Kier molecular flexibility index (Phi) is 6.63. The number of nitrogens with zero attached hydrogens (tertiary/aromatic N) is 8. The second kappa shape index (κ2) is 9.78. The van der Waals surface area contributed by atoms with Crippen LogP contribution in [0.15, 0.2) is 28.4 Å². The number of hydrogen-bond acceptors (Lipinski definition) is 11. The van der Waals surface area contributed by atoms with Crippen molar-refractivity contribution in [2.45, 2.75) is 70.4 Å². The summed E-state index contributed by atoms with van der Waals surface area (Å²) in [6.45, 7) is 7.81. The van der Waals surface area contributed by atoms with Gasteiger partial charge in [0.2, 0.25) is 0 Å². The highest BCUT2D eigenvalue weighted by Gasteiger charge is 2.30. The molecule has 0 saturated heterocycles. The van der Waals surface area contributed by atoms with Crippen molar-refractivity contribution in [2.75, 3.05) is 11.6 Å². The first-order valence-corrected chi connectivity index (χ1v) is 14.3. The summed E-state index contributed by atoms with van der Waals surface area (Å²) >= 11 is 0. The Hall–Kier alpha value is -3.87. The molecule has 0 aromatic carbocycles. The number of hydrogen-bond donors (Lipinski definition) is 1. The van der Waals surface area contributed by atoms with Crippen LogP contribution in [0.2, 0.25) is 0 Å². The Bertz CT molecular complexity index is 1700. The first-order chi connectivity index (χ1) is 18.1. The van der Waals surface area contributed by atoms with Gasteiger partial charge in [-0.2, -0.15) is 0 Å². The molecule has 1 saturated carbocycles. The fourth-order valence-corrected chi connectivity index (χ4v) is 4.75. The molecule has 12 nitrogen and oxygen atoms in total. The van der Waals surface area contributed by atoms with Crippen LogP contribution in [0.4, 0.5) is 5.82 Å². The molecule has 0 amide bonds. The number of aryl methyl sites for hydroxylation is 2. The molecule has 13 heteroatoms. The molecule has 0 aliphatic heterocycles. The van der Waals surface area contributed by atoms with Crippen LogP contribution < -0.4 is 10.9 Å². The normalized spacial score (nSPS) is 14.6. The third-order valence-electron chi connectivity index (χ3n) is 6.72. The number of rotatable bonds is 8. The first-order valence-electron chi connectivity index (χ1n) is 12.5. The van der Waals surface area contributed by atoms with Crippen molar-refractivity contribution in [3.8, 4) is 11.4 Å². The summed E-state index contributed by atoms with van der Waals surface area (Å²) in [6.07, 6.45) is 8.01. The SMILES string of the molecule is CC[C@@H](C)n1c(=O)c(NCc2ncc(S(C)(=O)=O)cn2)nc2c(C)nc(-c3c(C)ncnc3C3CC3)nc21.